The topological polar surface area (TPSA) is 15.8 Å². The first-order valence-electron chi connectivity index (χ1n) is 2.52. The molecule has 2 heteroatoms. The molecule has 0 saturated heterocycles. The number of H-pyrrole nitrogens is 1. The average molecular weight is 174 g/mol. The van der Waals surface area contributed by atoms with Crippen LogP contribution in [0.4, 0.5) is 0 Å². The highest BCUT2D eigenvalue weighted by Gasteiger charge is 1.96. The van der Waals surface area contributed by atoms with Gasteiger partial charge in [-0.05, 0) is 35.3 Å². The molecule has 44 valence electrons. The Morgan fingerprint density at radius 3 is 2.25 bits per heavy atom. The fraction of sp³-hybridized carbons (Fsp3) is 0.333. The lowest BCUT2D eigenvalue weighted by molar-refractivity contribution is 1.23. The molecule has 0 bridgehead atoms. The van der Waals surface area contributed by atoms with Gasteiger partial charge in [0.1, 0.15) is 0 Å². The second-order valence-electron chi connectivity index (χ2n) is 1.89. The lowest BCUT2D eigenvalue weighted by Crippen LogP contribution is -1.70. The first kappa shape index (κ1) is 5.89. The first-order valence-corrected chi connectivity index (χ1v) is 3.31. The van der Waals surface area contributed by atoms with E-state index in [0.29, 0.717) is 0 Å². The molecule has 0 atom stereocenters. The van der Waals surface area contributed by atoms with Gasteiger partial charge in [-0.15, -0.1) is 0 Å². The van der Waals surface area contributed by atoms with Gasteiger partial charge in [0.25, 0.3) is 0 Å². The number of hydrogen-bond acceptors (Lipinski definition) is 0. The Morgan fingerprint density at radius 2 is 2.12 bits per heavy atom. The number of hydrogen-bond donors (Lipinski definition) is 1. The fourth-order valence-corrected chi connectivity index (χ4v) is 0.979. The van der Waals surface area contributed by atoms with Crippen molar-refractivity contribution in [3.63, 3.8) is 0 Å². The van der Waals surface area contributed by atoms with Crippen molar-refractivity contribution in [2.45, 2.75) is 13.8 Å². The monoisotopic (exact) mass is 173 g/mol. The largest absolute Gasteiger partial charge is 0.364 e. The molecule has 0 saturated carbocycles. The summed E-state index contributed by atoms with van der Waals surface area (Å²) in [5.74, 6) is 0. The maximum absolute atomic E-state index is 3.38. The van der Waals surface area contributed by atoms with Crippen molar-refractivity contribution in [3.05, 3.63) is 21.9 Å². The molecule has 0 spiro atoms. The Labute approximate surface area is 57.2 Å². The summed E-state index contributed by atoms with van der Waals surface area (Å²) in [6.45, 7) is 4.13. The zero-order chi connectivity index (χ0) is 6.15. The zero-order valence-electron chi connectivity index (χ0n) is 4.96. The minimum absolute atomic E-state index is 1.16. The summed E-state index contributed by atoms with van der Waals surface area (Å²) >= 11 is 3.38. The van der Waals surface area contributed by atoms with Crippen molar-refractivity contribution < 1.29 is 0 Å². The Hall–Kier alpha value is -0.240. The van der Waals surface area contributed by atoms with Crippen LogP contribution >= 0.6 is 15.9 Å². The molecule has 1 heterocycles. The summed E-state index contributed by atoms with van der Waals surface area (Å²) in [5, 5.41) is 0. The summed E-state index contributed by atoms with van der Waals surface area (Å²) < 4.78 is 1.16. The van der Waals surface area contributed by atoms with E-state index in [0.717, 1.165) is 4.47 Å². The molecule has 1 rings (SSSR count). The van der Waals surface area contributed by atoms with Gasteiger partial charge in [0.05, 0.1) is 0 Å². The average Bonchev–Trinajstić information content (AvgIpc) is 1.98. The van der Waals surface area contributed by atoms with Gasteiger partial charge in [-0.3, -0.25) is 0 Å². The third-order valence-corrected chi connectivity index (χ3v) is 2.16. The molecule has 1 aromatic heterocycles. The summed E-state index contributed by atoms with van der Waals surface area (Å²) in [5.41, 5.74) is 2.53. The van der Waals surface area contributed by atoms with Gasteiger partial charge in [-0.25, -0.2) is 0 Å². The van der Waals surface area contributed by atoms with E-state index in [9.17, 15) is 0 Å². The molecule has 0 amide bonds. The molecule has 0 aliphatic rings. The lowest BCUT2D eigenvalue weighted by Gasteiger charge is -1.85. The van der Waals surface area contributed by atoms with E-state index in [4.69, 9.17) is 0 Å². The van der Waals surface area contributed by atoms with Crippen molar-refractivity contribution in [3.8, 4) is 0 Å². The Balaban J connectivity index is 3.19. The van der Waals surface area contributed by atoms with E-state index in [1.807, 2.05) is 6.20 Å². The predicted molar refractivity (Wildman–Crippen MR) is 38.0 cm³/mol. The number of aromatic amines is 1. The molecule has 0 radical (unpaired) electrons. The van der Waals surface area contributed by atoms with Crippen LogP contribution in [0.3, 0.4) is 0 Å². The van der Waals surface area contributed by atoms with Crippen molar-refractivity contribution >= 4 is 15.9 Å². The highest BCUT2D eigenvalue weighted by Crippen LogP contribution is 2.17. The third kappa shape index (κ3) is 0.802. The lowest BCUT2D eigenvalue weighted by atomic mass is 10.3. The van der Waals surface area contributed by atoms with E-state index in [1.165, 1.54) is 11.3 Å². The van der Waals surface area contributed by atoms with Crippen LogP contribution in [0, 0.1) is 13.8 Å². The van der Waals surface area contributed by atoms with Gasteiger partial charge in [0.15, 0.2) is 0 Å². The third-order valence-electron chi connectivity index (χ3n) is 1.34. The molecular formula is C6H8BrN. The Morgan fingerprint density at radius 1 is 1.50 bits per heavy atom. The molecule has 1 aromatic rings. The maximum atomic E-state index is 3.38. The minimum Gasteiger partial charge on any atom is -0.364 e. The van der Waals surface area contributed by atoms with Crippen LogP contribution in [-0.4, -0.2) is 4.98 Å². The van der Waals surface area contributed by atoms with Gasteiger partial charge in [0, 0.05) is 16.4 Å². The van der Waals surface area contributed by atoms with E-state index >= 15 is 0 Å². The Kier molecular flexibility index (Phi) is 1.43. The highest BCUT2D eigenvalue weighted by atomic mass is 79.9. The van der Waals surface area contributed by atoms with Gasteiger partial charge in [0.2, 0.25) is 0 Å². The van der Waals surface area contributed by atoms with Crippen LogP contribution in [0.5, 0.6) is 0 Å². The van der Waals surface area contributed by atoms with Crippen LogP contribution in [0.25, 0.3) is 0 Å². The molecule has 1 nitrogen and oxygen atoms in total. The molecule has 0 aliphatic heterocycles. The molecule has 0 fully saturated rings. The van der Waals surface area contributed by atoms with Crippen LogP contribution in [0.15, 0.2) is 10.7 Å². The van der Waals surface area contributed by atoms with Crippen LogP contribution in [0.2, 0.25) is 0 Å². The van der Waals surface area contributed by atoms with Gasteiger partial charge < -0.3 is 4.98 Å². The van der Waals surface area contributed by atoms with Crippen molar-refractivity contribution in [2.75, 3.05) is 0 Å². The normalized spacial score (nSPS) is 9.88. The molecule has 0 unspecified atom stereocenters. The van der Waals surface area contributed by atoms with E-state index < -0.39 is 0 Å². The van der Waals surface area contributed by atoms with Gasteiger partial charge in [-0.2, -0.15) is 0 Å². The van der Waals surface area contributed by atoms with Crippen LogP contribution in [0.1, 0.15) is 11.3 Å². The van der Waals surface area contributed by atoms with E-state index in [1.54, 1.807) is 0 Å². The standard InChI is InChI=1S/C6H8BrN/c1-4-5(2)8-3-6(4)7/h3,8H,1-2H3. The van der Waals surface area contributed by atoms with Crippen molar-refractivity contribution in [1.29, 1.82) is 0 Å². The van der Waals surface area contributed by atoms with Crippen molar-refractivity contribution in [1.82, 2.24) is 4.98 Å². The number of aromatic nitrogens is 1. The Bertz CT molecular complexity index is 171. The molecular weight excluding hydrogens is 166 g/mol. The number of aryl methyl sites for hydroxylation is 1. The first-order chi connectivity index (χ1) is 3.72. The van der Waals surface area contributed by atoms with Crippen LogP contribution < -0.4 is 0 Å². The zero-order valence-corrected chi connectivity index (χ0v) is 6.54. The van der Waals surface area contributed by atoms with E-state index in [-0.39, 0.29) is 0 Å². The maximum Gasteiger partial charge on any atom is 0.0381 e. The summed E-state index contributed by atoms with van der Waals surface area (Å²) in [6.07, 6.45) is 1.95. The van der Waals surface area contributed by atoms with Gasteiger partial charge in [-0.1, -0.05) is 0 Å². The quantitative estimate of drug-likeness (QED) is 0.621. The minimum atomic E-state index is 1.16. The summed E-state index contributed by atoms with van der Waals surface area (Å²) in [4.78, 5) is 3.09. The van der Waals surface area contributed by atoms with Crippen LogP contribution in [-0.2, 0) is 0 Å². The second-order valence-corrected chi connectivity index (χ2v) is 2.74. The number of halogens is 1. The highest BCUT2D eigenvalue weighted by molar-refractivity contribution is 9.10. The predicted octanol–water partition coefficient (Wildman–Crippen LogP) is 2.39. The van der Waals surface area contributed by atoms with Crippen molar-refractivity contribution in [2.24, 2.45) is 0 Å². The SMILES string of the molecule is Cc1[nH]cc(Br)c1C. The summed E-state index contributed by atoms with van der Waals surface area (Å²) in [6, 6.07) is 0. The molecule has 0 aliphatic carbocycles. The van der Waals surface area contributed by atoms with Gasteiger partial charge >= 0.3 is 0 Å². The smallest absolute Gasteiger partial charge is 0.0381 e. The summed E-state index contributed by atoms with van der Waals surface area (Å²) in [7, 11) is 0. The fourth-order valence-electron chi connectivity index (χ4n) is 0.567. The number of nitrogens with one attached hydrogen (secondary N) is 1. The van der Waals surface area contributed by atoms with E-state index in [2.05, 4.69) is 34.8 Å². The molecule has 0 aromatic carbocycles. The molecule has 1 N–H and O–H groups in total. The molecule has 8 heavy (non-hydrogen) atoms. The second kappa shape index (κ2) is 1.94. The number of rotatable bonds is 0.